The van der Waals surface area contributed by atoms with Crippen LogP contribution in [0.15, 0.2) is 61.1 Å². The molecule has 0 saturated carbocycles. The van der Waals surface area contributed by atoms with Gasteiger partial charge in [0.15, 0.2) is 0 Å². The number of aromatic nitrogens is 3. The average Bonchev–Trinajstić information content (AvgIpc) is 3.23. The molecular formula is C24H20N4O3. The van der Waals surface area contributed by atoms with Gasteiger partial charge in [0.1, 0.15) is 12.3 Å². The molecule has 0 aliphatic heterocycles. The third-order valence-electron chi connectivity index (χ3n) is 4.66. The minimum Gasteiger partial charge on any atom is -0.481 e. The largest absolute Gasteiger partial charge is 0.481 e. The van der Waals surface area contributed by atoms with E-state index in [-0.39, 0.29) is 12.5 Å². The van der Waals surface area contributed by atoms with Gasteiger partial charge in [0.05, 0.1) is 7.11 Å². The number of nitrogens with one attached hydrogen (secondary N) is 2. The van der Waals surface area contributed by atoms with E-state index < -0.39 is 0 Å². The second-order valence-electron chi connectivity index (χ2n) is 6.68. The molecule has 3 aromatic heterocycles. The van der Waals surface area contributed by atoms with Gasteiger partial charge < -0.3 is 19.8 Å². The zero-order valence-electron chi connectivity index (χ0n) is 17.1. The Morgan fingerprint density at radius 2 is 2.00 bits per heavy atom. The van der Waals surface area contributed by atoms with E-state index in [1.165, 1.54) is 7.11 Å². The summed E-state index contributed by atoms with van der Waals surface area (Å²) in [5.41, 5.74) is 5.28. The highest BCUT2D eigenvalue weighted by molar-refractivity contribution is 6.04. The van der Waals surface area contributed by atoms with Crippen molar-refractivity contribution in [1.82, 2.24) is 15.0 Å². The number of nitrogens with zero attached hydrogens (tertiary/aromatic N) is 2. The highest BCUT2D eigenvalue weighted by Crippen LogP contribution is 2.32. The van der Waals surface area contributed by atoms with E-state index in [2.05, 4.69) is 38.2 Å². The fourth-order valence-corrected chi connectivity index (χ4v) is 3.22. The lowest BCUT2D eigenvalue weighted by atomic mass is 10.0. The molecule has 0 radical (unpaired) electrons. The fraction of sp³-hybridized carbons (Fsp3) is 0.125. The van der Waals surface area contributed by atoms with Gasteiger partial charge in [-0.1, -0.05) is 18.1 Å². The van der Waals surface area contributed by atoms with Crippen LogP contribution in [-0.2, 0) is 9.53 Å². The number of hydrogen-bond donors (Lipinski definition) is 2. The second kappa shape index (κ2) is 9.11. The summed E-state index contributed by atoms with van der Waals surface area (Å²) in [7, 11) is 3.12. The first kappa shape index (κ1) is 20.1. The molecule has 0 fully saturated rings. The lowest BCUT2D eigenvalue weighted by molar-refractivity contribution is -0.111. The zero-order valence-corrected chi connectivity index (χ0v) is 17.1. The Balaban J connectivity index is 1.66. The van der Waals surface area contributed by atoms with Crippen LogP contribution in [0.1, 0.15) is 0 Å². The van der Waals surface area contributed by atoms with Gasteiger partial charge in [-0.15, -0.1) is 0 Å². The normalized spacial score (nSPS) is 10.4. The molecule has 154 valence electrons. The molecule has 0 bridgehead atoms. The third-order valence-corrected chi connectivity index (χ3v) is 4.66. The molecule has 0 atom stereocenters. The summed E-state index contributed by atoms with van der Waals surface area (Å²) in [6.45, 7) is 0.210. The molecule has 3 heterocycles. The van der Waals surface area contributed by atoms with Crippen molar-refractivity contribution in [2.75, 3.05) is 26.1 Å². The molecule has 1 amide bonds. The van der Waals surface area contributed by atoms with Crippen LogP contribution in [-0.4, -0.2) is 41.7 Å². The van der Waals surface area contributed by atoms with Crippen molar-refractivity contribution < 1.29 is 14.3 Å². The quantitative estimate of drug-likeness (QED) is 0.486. The maximum absolute atomic E-state index is 12.0. The van der Waals surface area contributed by atoms with Crippen LogP contribution in [0.5, 0.6) is 5.88 Å². The van der Waals surface area contributed by atoms with Crippen molar-refractivity contribution in [3.05, 3.63) is 61.1 Å². The standard InChI is InChI=1S/C24H20N4O3/c1-30-10-4-7-22(29)28-19-6-3-5-16(11-19)18-12-20-21(15-27-24(20)26-14-18)17-8-9-25-23(13-17)31-2/h3,5-6,8-9,11-15H,10H2,1-2H3,(H,26,27)(H,28,29). The van der Waals surface area contributed by atoms with E-state index >= 15 is 0 Å². The molecule has 0 saturated heterocycles. The van der Waals surface area contributed by atoms with E-state index in [1.54, 1.807) is 19.5 Å². The number of H-pyrrole nitrogens is 1. The van der Waals surface area contributed by atoms with E-state index in [4.69, 9.17) is 9.47 Å². The maximum atomic E-state index is 12.0. The molecule has 1 aromatic carbocycles. The zero-order chi connectivity index (χ0) is 21.6. The van der Waals surface area contributed by atoms with Gasteiger partial charge in [-0.2, -0.15) is 0 Å². The number of methoxy groups -OCH3 is 2. The number of aromatic amines is 1. The van der Waals surface area contributed by atoms with Crippen LogP contribution in [0.2, 0.25) is 0 Å². The van der Waals surface area contributed by atoms with Crippen LogP contribution < -0.4 is 10.1 Å². The number of fused-ring (bicyclic) bond motifs is 1. The van der Waals surface area contributed by atoms with Crippen LogP contribution in [0.25, 0.3) is 33.3 Å². The third kappa shape index (κ3) is 4.55. The summed E-state index contributed by atoms with van der Waals surface area (Å²) in [5, 5.41) is 3.75. The summed E-state index contributed by atoms with van der Waals surface area (Å²) < 4.78 is 10.1. The number of amides is 1. The number of carbonyl (C=O) groups is 1. The van der Waals surface area contributed by atoms with Gasteiger partial charge in [-0.3, -0.25) is 4.79 Å². The summed E-state index contributed by atoms with van der Waals surface area (Å²) in [5.74, 6) is 5.29. The van der Waals surface area contributed by atoms with E-state index in [9.17, 15) is 4.79 Å². The van der Waals surface area contributed by atoms with Crippen LogP contribution in [0, 0.1) is 11.8 Å². The summed E-state index contributed by atoms with van der Waals surface area (Å²) >= 11 is 0. The number of ether oxygens (including phenoxy) is 2. The summed E-state index contributed by atoms with van der Waals surface area (Å²) in [6, 6.07) is 13.4. The SMILES string of the molecule is COCC#CC(=O)Nc1cccc(-c2cnc3[nH]cc(-c4ccnc(OC)c4)c3c2)c1. The number of hydrogen-bond acceptors (Lipinski definition) is 5. The number of anilines is 1. The Hall–Kier alpha value is -4.15. The van der Waals surface area contributed by atoms with Gasteiger partial charge in [0.2, 0.25) is 5.88 Å². The molecule has 0 aliphatic carbocycles. The smallest absolute Gasteiger partial charge is 0.300 e. The Morgan fingerprint density at radius 1 is 1.10 bits per heavy atom. The first-order valence-corrected chi connectivity index (χ1v) is 9.54. The average molecular weight is 412 g/mol. The molecule has 0 spiro atoms. The Morgan fingerprint density at radius 3 is 2.84 bits per heavy atom. The molecular weight excluding hydrogens is 392 g/mol. The highest BCUT2D eigenvalue weighted by atomic mass is 16.5. The minimum absolute atomic E-state index is 0.210. The van der Waals surface area contributed by atoms with Crippen LogP contribution >= 0.6 is 0 Å². The van der Waals surface area contributed by atoms with Crippen molar-refractivity contribution in [2.45, 2.75) is 0 Å². The molecule has 0 unspecified atom stereocenters. The van der Waals surface area contributed by atoms with Crippen molar-refractivity contribution in [1.29, 1.82) is 0 Å². The van der Waals surface area contributed by atoms with Gasteiger partial charge in [0, 0.05) is 54.0 Å². The fourth-order valence-electron chi connectivity index (χ4n) is 3.22. The molecule has 0 aliphatic rings. The van der Waals surface area contributed by atoms with Crippen LogP contribution in [0.3, 0.4) is 0 Å². The minimum atomic E-state index is -0.387. The molecule has 31 heavy (non-hydrogen) atoms. The number of pyridine rings is 2. The monoisotopic (exact) mass is 412 g/mol. The summed E-state index contributed by atoms with van der Waals surface area (Å²) in [4.78, 5) is 23.9. The number of benzene rings is 1. The second-order valence-corrected chi connectivity index (χ2v) is 6.68. The Labute approximate surface area is 179 Å². The van der Waals surface area contributed by atoms with Gasteiger partial charge in [-0.25, -0.2) is 9.97 Å². The van der Waals surface area contributed by atoms with E-state index in [1.807, 2.05) is 42.6 Å². The molecule has 2 N–H and O–H groups in total. The molecule has 7 heteroatoms. The highest BCUT2D eigenvalue weighted by Gasteiger charge is 2.11. The molecule has 4 aromatic rings. The van der Waals surface area contributed by atoms with E-state index in [0.717, 1.165) is 33.3 Å². The topological polar surface area (TPSA) is 89.1 Å². The number of carbonyl (C=O) groups excluding carboxylic acids is 1. The maximum Gasteiger partial charge on any atom is 0.300 e. The molecule has 7 nitrogen and oxygen atoms in total. The lowest BCUT2D eigenvalue weighted by Gasteiger charge is -2.07. The predicted octanol–water partition coefficient (Wildman–Crippen LogP) is 3.89. The number of rotatable bonds is 5. The van der Waals surface area contributed by atoms with Crippen molar-refractivity contribution in [3.8, 4) is 40.0 Å². The lowest BCUT2D eigenvalue weighted by Crippen LogP contribution is -2.08. The van der Waals surface area contributed by atoms with Crippen molar-refractivity contribution in [2.24, 2.45) is 0 Å². The van der Waals surface area contributed by atoms with Crippen molar-refractivity contribution >= 4 is 22.6 Å². The van der Waals surface area contributed by atoms with Crippen molar-refractivity contribution in [3.63, 3.8) is 0 Å². The Bertz CT molecular complexity index is 1300. The van der Waals surface area contributed by atoms with Crippen LogP contribution in [0.4, 0.5) is 5.69 Å². The first-order chi connectivity index (χ1) is 15.2. The van der Waals surface area contributed by atoms with E-state index in [0.29, 0.717) is 11.6 Å². The molecule has 4 rings (SSSR count). The van der Waals surface area contributed by atoms with Gasteiger partial charge in [-0.05, 0) is 41.3 Å². The first-order valence-electron chi connectivity index (χ1n) is 9.54. The Kier molecular flexibility index (Phi) is 5.92. The predicted molar refractivity (Wildman–Crippen MR) is 120 cm³/mol. The van der Waals surface area contributed by atoms with Gasteiger partial charge in [0.25, 0.3) is 5.91 Å². The van der Waals surface area contributed by atoms with Gasteiger partial charge >= 0.3 is 0 Å². The summed E-state index contributed by atoms with van der Waals surface area (Å²) in [6.07, 6.45) is 5.44.